The molecule has 0 saturated carbocycles. The molecule has 0 aromatic rings. The molecule has 0 aliphatic rings. The molecule has 0 spiro atoms. The van der Waals surface area contributed by atoms with Gasteiger partial charge >= 0.3 is 0 Å². The Morgan fingerprint density at radius 2 is 1.47 bits per heavy atom. The van der Waals surface area contributed by atoms with Gasteiger partial charge in [-0.1, -0.05) is 0 Å². The van der Waals surface area contributed by atoms with Crippen molar-refractivity contribution < 1.29 is 65.4 Å². The standard InChI is InChI=1S/C5H9N2.C4H9N2.2Y/c1-4-6-7-5(2)3;1-4-5-6(2)3;;/h1-3H3;1-3H3;;/q2*-1;;. The van der Waals surface area contributed by atoms with Crippen LogP contribution in [0.4, 0.5) is 0 Å². The molecule has 0 fully saturated rings. The summed E-state index contributed by atoms with van der Waals surface area (Å²) in [6.45, 7) is 7.26. The summed E-state index contributed by atoms with van der Waals surface area (Å²) >= 11 is 0. The van der Waals surface area contributed by atoms with Gasteiger partial charge in [-0.05, 0) is 13.8 Å². The van der Waals surface area contributed by atoms with Gasteiger partial charge in [-0.3, -0.25) is 0 Å². The van der Waals surface area contributed by atoms with Crippen LogP contribution >= 0.6 is 0 Å². The molecule has 4 nitrogen and oxygen atoms in total. The van der Waals surface area contributed by atoms with Crippen molar-refractivity contribution in [1.82, 2.24) is 5.01 Å². The number of nitrogens with zero attached hydrogens (tertiary/aromatic N) is 4. The zero-order chi connectivity index (χ0) is 10.7. The first-order chi connectivity index (χ1) is 6.04. The molecule has 0 aromatic heterocycles. The minimum absolute atomic E-state index is 0. The van der Waals surface area contributed by atoms with E-state index >= 15 is 0 Å². The van der Waals surface area contributed by atoms with Gasteiger partial charge in [-0.2, -0.15) is 18.9 Å². The van der Waals surface area contributed by atoms with Gasteiger partial charge in [0.25, 0.3) is 0 Å². The maximum absolute atomic E-state index is 3.71. The summed E-state index contributed by atoms with van der Waals surface area (Å²) in [7, 11) is 3.72. The van der Waals surface area contributed by atoms with Gasteiger partial charge in [0.1, 0.15) is 0 Å². The monoisotopic (exact) mass is 360 g/mol. The summed E-state index contributed by atoms with van der Waals surface area (Å²) in [5, 5.41) is 12.6. The van der Waals surface area contributed by atoms with E-state index in [1.807, 2.05) is 27.9 Å². The van der Waals surface area contributed by atoms with E-state index in [9.17, 15) is 0 Å². The Morgan fingerprint density at radius 1 is 1.00 bits per heavy atom. The number of rotatable bonds is 2. The average Bonchev–Trinajstić information content (AvgIpc) is 2.01. The van der Waals surface area contributed by atoms with E-state index in [2.05, 4.69) is 27.7 Å². The van der Waals surface area contributed by atoms with Crippen molar-refractivity contribution in [2.24, 2.45) is 15.3 Å². The predicted molar refractivity (Wildman–Crippen MR) is 58.7 cm³/mol. The Morgan fingerprint density at radius 3 is 1.53 bits per heavy atom. The molecule has 0 aliphatic heterocycles. The van der Waals surface area contributed by atoms with Crippen LogP contribution in [0.1, 0.15) is 27.7 Å². The van der Waals surface area contributed by atoms with Crippen LogP contribution in [0, 0.1) is 0 Å². The molecular weight excluding hydrogens is 342 g/mol. The van der Waals surface area contributed by atoms with Gasteiger partial charge in [0, 0.05) is 85.2 Å². The van der Waals surface area contributed by atoms with Crippen molar-refractivity contribution in [3.8, 4) is 0 Å². The SMILES string of the molecule is C[C-]=NN(C)C.C[C-]=NN=C(C)C.[Y].[Y]. The van der Waals surface area contributed by atoms with Gasteiger partial charge in [0.05, 0.1) is 0 Å². The van der Waals surface area contributed by atoms with E-state index in [0.29, 0.717) is 0 Å². The summed E-state index contributed by atoms with van der Waals surface area (Å²) in [4.78, 5) is 0. The van der Waals surface area contributed by atoms with Crippen molar-refractivity contribution in [1.29, 1.82) is 0 Å². The Balaban J connectivity index is -0.0000000718. The third-order valence-corrected chi connectivity index (χ3v) is 0.650. The van der Waals surface area contributed by atoms with Crippen LogP contribution in [0.15, 0.2) is 15.3 Å². The van der Waals surface area contributed by atoms with Crippen molar-refractivity contribution in [3.05, 3.63) is 0 Å². The summed E-state index contributed by atoms with van der Waals surface area (Å²) in [6.07, 6.45) is 5.15. The Hall–Kier alpha value is 1.02. The molecule has 0 amide bonds. The van der Waals surface area contributed by atoms with Crippen LogP contribution in [0.5, 0.6) is 0 Å². The molecule has 0 bridgehead atoms. The van der Waals surface area contributed by atoms with E-state index < -0.39 is 0 Å². The van der Waals surface area contributed by atoms with Crippen molar-refractivity contribution >= 4 is 18.1 Å². The third kappa shape index (κ3) is 39.6. The van der Waals surface area contributed by atoms with Crippen molar-refractivity contribution in [2.45, 2.75) is 27.7 Å². The van der Waals surface area contributed by atoms with Crippen LogP contribution in [0.3, 0.4) is 0 Å². The van der Waals surface area contributed by atoms with Crippen LogP contribution in [0.2, 0.25) is 0 Å². The summed E-state index contributed by atoms with van der Waals surface area (Å²) in [5.41, 5.74) is 0.953. The minimum atomic E-state index is 0. The molecule has 0 heterocycles. The summed E-state index contributed by atoms with van der Waals surface area (Å²) in [6, 6.07) is 0. The molecule has 0 atom stereocenters. The third-order valence-electron chi connectivity index (χ3n) is 0.650. The molecule has 0 aromatic carbocycles. The van der Waals surface area contributed by atoms with Crippen LogP contribution < -0.4 is 0 Å². The molecule has 0 unspecified atom stereocenters. The van der Waals surface area contributed by atoms with Crippen LogP contribution in [-0.4, -0.2) is 37.2 Å². The van der Waals surface area contributed by atoms with E-state index in [0.717, 1.165) is 5.71 Å². The normalized spacial score (nSPS) is 8.40. The summed E-state index contributed by atoms with van der Waals surface area (Å²) in [5.74, 6) is 0. The molecule has 0 aliphatic carbocycles. The van der Waals surface area contributed by atoms with Crippen LogP contribution in [0.25, 0.3) is 0 Å². The fourth-order valence-electron chi connectivity index (χ4n) is 0.350. The van der Waals surface area contributed by atoms with Gasteiger partial charge in [-0.25, -0.2) is 0 Å². The van der Waals surface area contributed by atoms with E-state index in [4.69, 9.17) is 0 Å². The second kappa shape index (κ2) is 20.4. The number of hydrogen-bond acceptors (Lipinski definition) is 4. The molecule has 82 valence electrons. The molecule has 15 heavy (non-hydrogen) atoms. The summed E-state index contributed by atoms with van der Waals surface area (Å²) < 4.78 is 0. The maximum atomic E-state index is 3.71. The largest absolute Gasteiger partial charge is 0.403 e. The topological polar surface area (TPSA) is 40.3 Å². The molecular formula is C9H18N4Y2-2. The second-order valence-corrected chi connectivity index (χ2v) is 2.54. The Labute approximate surface area is 144 Å². The number of hydrazone groups is 1. The fourth-order valence-corrected chi connectivity index (χ4v) is 0.350. The second-order valence-electron chi connectivity index (χ2n) is 2.54. The van der Waals surface area contributed by atoms with Crippen molar-refractivity contribution in [2.75, 3.05) is 14.1 Å². The zero-order valence-corrected chi connectivity index (χ0v) is 16.1. The van der Waals surface area contributed by atoms with E-state index in [1.165, 1.54) is 0 Å². The van der Waals surface area contributed by atoms with Crippen molar-refractivity contribution in [3.63, 3.8) is 0 Å². The average molecular weight is 360 g/mol. The first-order valence-electron chi connectivity index (χ1n) is 3.97. The predicted octanol–water partition coefficient (Wildman–Crippen LogP) is 1.78. The van der Waals surface area contributed by atoms with Gasteiger partial charge < -0.3 is 27.6 Å². The molecule has 6 heteroatoms. The Bertz CT molecular complexity index is 185. The first-order valence-corrected chi connectivity index (χ1v) is 3.97. The van der Waals surface area contributed by atoms with E-state index in [1.54, 1.807) is 18.9 Å². The molecule has 0 rings (SSSR count). The fraction of sp³-hybridized carbons (Fsp3) is 0.667. The first kappa shape index (κ1) is 25.0. The molecule has 0 N–H and O–H groups in total. The smallest absolute Gasteiger partial charge is 0.0310 e. The van der Waals surface area contributed by atoms with E-state index in [-0.39, 0.29) is 65.4 Å². The quantitative estimate of drug-likeness (QED) is 0.421. The maximum Gasteiger partial charge on any atom is 0.0310 e. The van der Waals surface area contributed by atoms with Gasteiger partial charge in [0.2, 0.25) is 0 Å². The Kier molecular flexibility index (Phi) is 34.1. The zero-order valence-electron chi connectivity index (χ0n) is 10.4. The van der Waals surface area contributed by atoms with Gasteiger partial charge in [0.15, 0.2) is 0 Å². The van der Waals surface area contributed by atoms with Crippen LogP contribution in [-0.2, 0) is 65.4 Å². The molecule has 0 saturated heterocycles. The number of hydrogen-bond donors (Lipinski definition) is 0. The molecule has 2 radical (unpaired) electrons. The van der Waals surface area contributed by atoms with Gasteiger partial charge in [-0.15, -0.1) is 0 Å². The minimum Gasteiger partial charge on any atom is -0.403 e.